The lowest BCUT2D eigenvalue weighted by Gasteiger charge is -2.46. The number of hydrogen-bond acceptors (Lipinski definition) is 3. The zero-order chi connectivity index (χ0) is 15.7. The van der Waals surface area contributed by atoms with Gasteiger partial charge in [-0.3, -0.25) is 9.69 Å². The van der Waals surface area contributed by atoms with E-state index in [0.717, 1.165) is 17.0 Å². The summed E-state index contributed by atoms with van der Waals surface area (Å²) in [5.41, 5.74) is 1.81. The molecule has 2 atom stereocenters. The fourth-order valence-electron chi connectivity index (χ4n) is 2.71. The van der Waals surface area contributed by atoms with Crippen LogP contribution in [0.1, 0.15) is 11.6 Å². The number of carbonyl (C=O) groups is 1. The van der Waals surface area contributed by atoms with Crippen LogP contribution in [0.25, 0.3) is 0 Å². The van der Waals surface area contributed by atoms with Gasteiger partial charge in [0, 0.05) is 17.8 Å². The molecule has 2 aromatic carbocycles. The monoisotopic (exact) mass is 317 g/mol. The third kappa shape index (κ3) is 2.45. The first kappa shape index (κ1) is 14.9. The fraction of sp³-hybridized carbons (Fsp3) is 0.235. The van der Waals surface area contributed by atoms with Crippen molar-refractivity contribution in [3.8, 4) is 5.75 Å². The van der Waals surface area contributed by atoms with Crippen molar-refractivity contribution in [1.82, 2.24) is 0 Å². The van der Waals surface area contributed by atoms with Crippen LogP contribution in [0.5, 0.6) is 5.75 Å². The van der Waals surface area contributed by atoms with Crippen LogP contribution in [0.4, 0.5) is 5.69 Å². The molecule has 0 bridgehead atoms. The maximum atomic E-state index is 12.3. The number of anilines is 1. The number of rotatable bonds is 4. The van der Waals surface area contributed by atoms with Gasteiger partial charge in [0.05, 0.1) is 13.2 Å². The Labute approximate surface area is 134 Å². The molecule has 1 aliphatic heterocycles. The molecular formula is C17H16ClNO3. The lowest BCUT2D eigenvalue weighted by Crippen LogP contribution is -2.59. The van der Waals surface area contributed by atoms with E-state index < -0.39 is 6.10 Å². The summed E-state index contributed by atoms with van der Waals surface area (Å²) >= 11 is 5.94. The van der Waals surface area contributed by atoms with Crippen molar-refractivity contribution in [1.29, 1.82) is 0 Å². The zero-order valence-electron chi connectivity index (χ0n) is 12.3. The first-order chi connectivity index (χ1) is 10.7. The van der Waals surface area contributed by atoms with Gasteiger partial charge in [-0.15, -0.1) is 0 Å². The second-order valence-corrected chi connectivity index (χ2v) is 5.50. The molecule has 114 valence electrons. The summed E-state index contributed by atoms with van der Waals surface area (Å²) in [7, 11) is 3.16. The second kappa shape index (κ2) is 5.99. The van der Waals surface area contributed by atoms with Crippen molar-refractivity contribution in [2.45, 2.75) is 12.1 Å². The van der Waals surface area contributed by atoms with Gasteiger partial charge in [-0.25, -0.2) is 0 Å². The van der Waals surface area contributed by atoms with E-state index in [9.17, 15) is 4.79 Å². The zero-order valence-corrected chi connectivity index (χ0v) is 13.1. The number of benzene rings is 2. The van der Waals surface area contributed by atoms with E-state index in [1.165, 1.54) is 0 Å². The van der Waals surface area contributed by atoms with Crippen LogP contribution in [0, 0.1) is 0 Å². The maximum Gasteiger partial charge on any atom is 0.259 e. The number of hydrogen-bond donors (Lipinski definition) is 0. The van der Waals surface area contributed by atoms with E-state index in [0.29, 0.717) is 5.02 Å². The van der Waals surface area contributed by atoms with Crippen LogP contribution in [-0.2, 0) is 9.53 Å². The molecule has 5 heteroatoms. The molecule has 1 amide bonds. The van der Waals surface area contributed by atoms with Gasteiger partial charge >= 0.3 is 0 Å². The molecule has 22 heavy (non-hydrogen) atoms. The van der Waals surface area contributed by atoms with E-state index in [4.69, 9.17) is 21.1 Å². The van der Waals surface area contributed by atoms with E-state index in [1.54, 1.807) is 19.1 Å². The SMILES string of the molecule is COc1ccc(N2C(=O)[C@@H](OC)[C@H]2c2ccc(Cl)cc2)cc1. The highest BCUT2D eigenvalue weighted by molar-refractivity contribution is 6.30. The minimum atomic E-state index is -0.469. The standard InChI is InChI=1S/C17H16ClNO3/c1-21-14-9-7-13(8-10-14)19-15(16(22-2)17(19)20)11-3-5-12(18)6-4-11/h3-10,15-16H,1-2H3/t15-,16+/m1/s1. The Hall–Kier alpha value is -2.04. The second-order valence-electron chi connectivity index (χ2n) is 5.06. The number of nitrogens with zero attached hydrogens (tertiary/aromatic N) is 1. The fourth-order valence-corrected chi connectivity index (χ4v) is 2.83. The van der Waals surface area contributed by atoms with Crippen molar-refractivity contribution in [2.75, 3.05) is 19.1 Å². The molecule has 0 aromatic heterocycles. The van der Waals surface area contributed by atoms with Crippen molar-refractivity contribution < 1.29 is 14.3 Å². The first-order valence-electron chi connectivity index (χ1n) is 6.91. The molecule has 0 spiro atoms. The van der Waals surface area contributed by atoms with Crippen LogP contribution in [0.3, 0.4) is 0 Å². The number of β-lactam (4-membered cyclic amide) rings is 1. The summed E-state index contributed by atoms with van der Waals surface area (Å²) in [6.07, 6.45) is -0.469. The molecular weight excluding hydrogens is 302 g/mol. The van der Waals surface area contributed by atoms with Crippen molar-refractivity contribution in [2.24, 2.45) is 0 Å². The van der Waals surface area contributed by atoms with E-state index in [1.807, 2.05) is 48.5 Å². The molecule has 0 radical (unpaired) electrons. The first-order valence-corrected chi connectivity index (χ1v) is 7.29. The van der Waals surface area contributed by atoms with Crippen LogP contribution < -0.4 is 9.64 Å². The molecule has 1 aliphatic rings. The predicted octanol–water partition coefficient (Wildman–Crippen LogP) is 3.45. The minimum Gasteiger partial charge on any atom is -0.497 e. The summed E-state index contributed by atoms with van der Waals surface area (Å²) in [5.74, 6) is 0.704. The summed E-state index contributed by atoms with van der Waals surface area (Å²) in [5, 5.41) is 0.666. The molecule has 1 heterocycles. The van der Waals surface area contributed by atoms with Gasteiger partial charge < -0.3 is 9.47 Å². The van der Waals surface area contributed by atoms with Crippen LogP contribution in [0.2, 0.25) is 5.02 Å². The minimum absolute atomic E-state index is 0.0485. The topological polar surface area (TPSA) is 38.8 Å². The Morgan fingerprint density at radius 1 is 1.00 bits per heavy atom. The third-order valence-corrected chi connectivity index (χ3v) is 4.11. The van der Waals surface area contributed by atoms with Gasteiger partial charge in [0.25, 0.3) is 5.91 Å². The van der Waals surface area contributed by atoms with Gasteiger partial charge in [0.15, 0.2) is 6.10 Å². The molecule has 3 rings (SSSR count). The molecule has 0 aliphatic carbocycles. The quantitative estimate of drug-likeness (QED) is 0.811. The number of amides is 1. The van der Waals surface area contributed by atoms with Gasteiger partial charge in [0.2, 0.25) is 0 Å². The summed E-state index contributed by atoms with van der Waals surface area (Å²) < 4.78 is 10.5. The lowest BCUT2D eigenvalue weighted by molar-refractivity contribution is -0.139. The smallest absolute Gasteiger partial charge is 0.259 e. The maximum absolute atomic E-state index is 12.3. The van der Waals surface area contributed by atoms with Gasteiger partial charge in [-0.1, -0.05) is 23.7 Å². The molecule has 0 N–H and O–H groups in total. The van der Waals surface area contributed by atoms with Crippen molar-refractivity contribution >= 4 is 23.2 Å². The number of carbonyl (C=O) groups excluding carboxylic acids is 1. The Morgan fingerprint density at radius 2 is 1.64 bits per heavy atom. The number of halogens is 1. The summed E-state index contributed by atoms with van der Waals surface area (Å²) in [6, 6.07) is 14.7. The molecule has 1 fully saturated rings. The normalized spacial score (nSPS) is 20.7. The summed E-state index contributed by atoms with van der Waals surface area (Å²) in [4.78, 5) is 14.1. The Kier molecular flexibility index (Phi) is 4.05. The highest BCUT2D eigenvalue weighted by atomic mass is 35.5. The molecule has 0 unspecified atom stereocenters. The molecule has 0 saturated carbocycles. The van der Waals surface area contributed by atoms with Crippen LogP contribution in [0.15, 0.2) is 48.5 Å². The molecule has 1 saturated heterocycles. The molecule has 4 nitrogen and oxygen atoms in total. The average Bonchev–Trinajstić information content (AvgIpc) is 2.55. The lowest BCUT2D eigenvalue weighted by atomic mass is 9.90. The average molecular weight is 318 g/mol. The Morgan fingerprint density at radius 3 is 2.18 bits per heavy atom. The van der Waals surface area contributed by atoms with Gasteiger partial charge in [0.1, 0.15) is 5.75 Å². The Balaban J connectivity index is 1.94. The van der Waals surface area contributed by atoms with E-state index in [2.05, 4.69) is 0 Å². The number of ether oxygens (including phenoxy) is 2. The molecule has 2 aromatic rings. The van der Waals surface area contributed by atoms with E-state index >= 15 is 0 Å². The highest BCUT2D eigenvalue weighted by Gasteiger charge is 2.49. The van der Waals surface area contributed by atoms with Gasteiger partial charge in [-0.05, 0) is 42.0 Å². The Bertz CT molecular complexity index is 669. The van der Waals surface area contributed by atoms with Crippen molar-refractivity contribution in [3.05, 3.63) is 59.1 Å². The van der Waals surface area contributed by atoms with Gasteiger partial charge in [-0.2, -0.15) is 0 Å². The highest BCUT2D eigenvalue weighted by Crippen LogP contribution is 2.41. The van der Waals surface area contributed by atoms with Crippen molar-refractivity contribution in [3.63, 3.8) is 0 Å². The van der Waals surface area contributed by atoms with Crippen LogP contribution in [-0.4, -0.2) is 26.2 Å². The largest absolute Gasteiger partial charge is 0.497 e. The van der Waals surface area contributed by atoms with Crippen LogP contribution >= 0.6 is 11.6 Å². The third-order valence-electron chi connectivity index (χ3n) is 3.86. The summed E-state index contributed by atoms with van der Waals surface area (Å²) in [6.45, 7) is 0. The predicted molar refractivity (Wildman–Crippen MR) is 85.5 cm³/mol. The van der Waals surface area contributed by atoms with E-state index in [-0.39, 0.29) is 11.9 Å². The number of methoxy groups -OCH3 is 2.